The molecule has 1 amide bonds. The molecule has 0 saturated carbocycles. The van der Waals surface area contributed by atoms with Gasteiger partial charge in [0.2, 0.25) is 0 Å². The first kappa shape index (κ1) is 20.8. The van der Waals surface area contributed by atoms with Gasteiger partial charge in [-0.1, -0.05) is 12.1 Å². The number of hydrogen-bond acceptors (Lipinski definition) is 5. The fourth-order valence-electron chi connectivity index (χ4n) is 5.02. The van der Waals surface area contributed by atoms with E-state index in [-0.39, 0.29) is 11.5 Å². The summed E-state index contributed by atoms with van der Waals surface area (Å²) in [7, 11) is 2.14. The van der Waals surface area contributed by atoms with E-state index in [1.807, 2.05) is 43.3 Å². The minimum absolute atomic E-state index is 0.125. The number of benzene rings is 2. The first-order chi connectivity index (χ1) is 15.5. The highest BCUT2D eigenvalue weighted by Gasteiger charge is 2.39. The van der Waals surface area contributed by atoms with Crippen LogP contribution in [0.5, 0.6) is 5.75 Å². The lowest BCUT2D eigenvalue weighted by atomic mass is 9.92. The first-order valence-electron chi connectivity index (χ1n) is 11.2. The molecule has 6 nitrogen and oxygen atoms in total. The summed E-state index contributed by atoms with van der Waals surface area (Å²) in [6.45, 7) is 5.20. The van der Waals surface area contributed by atoms with Crippen LogP contribution < -0.4 is 10.4 Å². The highest BCUT2D eigenvalue weighted by atomic mass is 16.5. The summed E-state index contributed by atoms with van der Waals surface area (Å²) in [6, 6.07) is 15.0. The van der Waals surface area contributed by atoms with Gasteiger partial charge < -0.3 is 19.0 Å². The average molecular weight is 433 g/mol. The molecule has 0 unspecified atom stereocenters. The topological polar surface area (TPSA) is 63.0 Å². The number of ether oxygens (including phenoxy) is 1. The van der Waals surface area contributed by atoms with Crippen LogP contribution in [-0.4, -0.2) is 48.4 Å². The molecule has 32 heavy (non-hydrogen) atoms. The molecule has 5 rings (SSSR count). The summed E-state index contributed by atoms with van der Waals surface area (Å²) in [4.78, 5) is 29.1. The number of amides is 1. The minimum Gasteiger partial charge on any atom is -0.489 e. The van der Waals surface area contributed by atoms with Crippen molar-refractivity contribution in [3.63, 3.8) is 0 Å². The summed E-state index contributed by atoms with van der Waals surface area (Å²) in [5.74, 6) is 1.40. The number of nitrogens with zero attached hydrogens (tertiary/aromatic N) is 2. The number of likely N-dealkylation sites (tertiary alicyclic amines) is 2. The van der Waals surface area contributed by atoms with E-state index in [4.69, 9.17) is 9.15 Å². The van der Waals surface area contributed by atoms with Gasteiger partial charge in [0.25, 0.3) is 5.91 Å². The molecule has 2 aliphatic rings. The number of fused-ring (bicyclic) bond motifs is 2. The van der Waals surface area contributed by atoms with Crippen LogP contribution in [0.2, 0.25) is 0 Å². The van der Waals surface area contributed by atoms with Crippen molar-refractivity contribution in [3.05, 3.63) is 75.6 Å². The lowest BCUT2D eigenvalue weighted by Crippen LogP contribution is -2.48. The van der Waals surface area contributed by atoms with Crippen LogP contribution >= 0.6 is 0 Å². The van der Waals surface area contributed by atoms with Gasteiger partial charge in [0.1, 0.15) is 17.9 Å². The van der Waals surface area contributed by atoms with Crippen LogP contribution in [0.4, 0.5) is 0 Å². The van der Waals surface area contributed by atoms with Crippen LogP contribution in [0.3, 0.4) is 0 Å². The van der Waals surface area contributed by atoms with Crippen molar-refractivity contribution in [1.82, 2.24) is 9.80 Å². The van der Waals surface area contributed by atoms with Gasteiger partial charge in [0, 0.05) is 42.2 Å². The van der Waals surface area contributed by atoms with Gasteiger partial charge in [-0.2, -0.15) is 0 Å². The monoisotopic (exact) mass is 432 g/mol. The van der Waals surface area contributed by atoms with Gasteiger partial charge in [-0.15, -0.1) is 0 Å². The van der Waals surface area contributed by atoms with Crippen LogP contribution in [0.1, 0.15) is 34.3 Å². The Bertz CT molecular complexity index is 1200. The van der Waals surface area contributed by atoms with E-state index < -0.39 is 0 Å². The van der Waals surface area contributed by atoms with Gasteiger partial charge in [-0.25, -0.2) is 4.79 Å². The van der Waals surface area contributed by atoms with Crippen molar-refractivity contribution in [1.29, 1.82) is 0 Å². The number of piperidine rings is 1. The van der Waals surface area contributed by atoms with Crippen LogP contribution in [-0.2, 0) is 6.61 Å². The molecule has 3 aromatic rings. The number of rotatable bonds is 4. The first-order valence-corrected chi connectivity index (χ1v) is 11.2. The maximum Gasteiger partial charge on any atom is 0.336 e. The van der Waals surface area contributed by atoms with Crippen molar-refractivity contribution >= 4 is 16.9 Å². The standard InChI is InChI=1S/C26H28N2O4/c1-17-13-25(29)32-24-14-21(7-8-22(17)24)31-16-18-3-5-20(6-4-18)26(30)28-12-10-19-9-11-27(2)15-23(19)28/h3-8,13-14,19,23H,9-12,15-16H2,1-2H3/t19-,23+/m0/s1. The third kappa shape index (κ3) is 4.02. The average Bonchev–Trinajstić information content (AvgIpc) is 3.20. The van der Waals surface area contributed by atoms with E-state index in [0.717, 1.165) is 48.1 Å². The second-order valence-electron chi connectivity index (χ2n) is 9.06. The fourth-order valence-corrected chi connectivity index (χ4v) is 5.02. The SMILES string of the molecule is Cc1cc(=O)oc2cc(OCc3ccc(C(=O)N4CC[C@@H]5CCN(C)C[C@H]54)cc3)ccc12. The summed E-state index contributed by atoms with van der Waals surface area (Å²) in [5.41, 5.74) is 2.74. The third-order valence-electron chi connectivity index (χ3n) is 6.86. The summed E-state index contributed by atoms with van der Waals surface area (Å²) in [5, 5.41) is 0.896. The molecule has 2 aliphatic heterocycles. The Balaban J connectivity index is 1.25. The summed E-state index contributed by atoms with van der Waals surface area (Å²) >= 11 is 0. The number of hydrogen-bond donors (Lipinski definition) is 0. The molecular weight excluding hydrogens is 404 g/mol. The largest absolute Gasteiger partial charge is 0.489 e. The number of likely N-dealkylation sites (N-methyl/N-ethyl adjacent to an activating group) is 1. The van der Waals surface area contributed by atoms with Crippen LogP contribution in [0.25, 0.3) is 11.0 Å². The van der Waals surface area contributed by atoms with Gasteiger partial charge >= 0.3 is 5.63 Å². The highest BCUT2D eigenvalue weighted by Crippen LogP contribution is 2.32. The zero-order valence-corrected chi connectivity index (χ0v) is 18.5. The second-order valence-corrected chi connectivity index (χ2v) is 9.06. The molecule has 0 aliphatic carbocycles. The molecule has 2 saturated heterocycles. The Hall–Kier alpha value is -3.12. The lowest BCUT2D eigenvalue weighted by Gasteiger charge is -2.36. The maximum absolute atomic E-state index is 13.1. The van der Waals surface area contributed by atoms with E-state index in [0.29, 0.717) is 29.9 Å². The zero-order chi connectivity index (χ0) is 22.2. The van der Waals surface area contributed by atoms with Gasteiger partial charge in [0.15, 0.2) is 0 Å². The molecule has 166 valence electrons. The van der Waals surface area contributed by atoms with E-state index >= 15 is 0 Å². The predicted octanol–water partition coefficient (Wildman–Crippen LogP) is 3.85. The van der Waals surface area contributed by atoms with E-state index in [2.05, 4.69) is 16.8 Å². The Morgan fingerprint density at radius 1 is 1.09 bits per heavy atom. The van der Waals surface area contributed by atoms with E-state index in [9.17, 15) is 9.59 Å². The van der Waals surface area contributed by atoms with Crippen molar-refractivity contribution in [2.75, 3.05) is 26.7 Å². The number of aryl methyl sites for hydroxylation is 1. The van der Waals surface area contributed by atoms with E-state index in [1.54, 1.807) is 6.07 Å². The van der Waals surface area contributed by atoms with E-state index in [1.165, 1.54) is 12.5 Å². The van der Waals surface area contributed by atoms with Crippen LogP contribution in [0.15, 0.2) is 57.7 Å². The lowest BCUT2D eigenvalue weighted by molar-refractivity contribution is 0.0631. The number of carbonyl (C=O) groups excluding carboxylic acids is 1. The molecule has 0 radical (unpaired) electrons. The molecule has 6 heteroatoms. The molecule has 2 fully saturated rings. The van der Waals surface area contributed by atoms with Gasteiger partial charge in [-0.05, 0) is 74.7 Å². The minimum atomic E-state index is -0.364. The molecule has 1 aromatic heterocycles. The normalized spacial score (nSPS) is 21.0. The predicted molar refractivity (Wildman–Crippen MR) is 123 cm³/mol. The Morgan fingerprint density at radius 3 is 2.69 bits per heavy atom. The molecular formula is C26H28N2O4. The zero-order valence-electron chi connectivity index (χ0n) is 18.5. The molecule has 2 atom stereocenters. The maximum atomic E-state index is 13.1. The molecule has 3 heterocycles. The van der Waals surface area contributed by atoms with Crippen LogP contribution in [0, 0.1) is 12.8 Å². The van der Waals surface area contributed by atoms with Gasteiger partial charge in [0.05, 0.1) is 0 Å². The Labute approximate surface area is 187 Å². The Morgan fingerprint density at radius 2 is 1.88 bits per heavy atom. The van der Waals surface area contributed by atoms with Crippen molar-refractivity contribution in [2.24, 2.45) is 5.92 Å². The van der Waals surface area contributed by atoms with Crippen molar-refractivity contribution < 1.29 is 13.9 Å². The number of carbonyl (C=O) groups is 1. The quantitative estimate of drug-likeness (QED) is 0.586. The van der Waals surface area contributed by atoms with Crippen molar-refractivity contribution in [2.45, 2.75) is 32.4 Å². The molecule has 0 bridgehead atoms. The summed E-state index contributed by atoms with van der Waals surface area (Å²) < 4.78 is 11.2. The smallest absolute Gasteiger partial charge is 0.336 e. The molecule has 0 spiro atoms. The van der Waals surface area contributed by atoms with Gasteiger partial charge in [-0.3, -0.25) is 4.79 Å². The molecule has 0 N–H and O–H groups in total. The highest BCUT2D eigenvalue weighted by molar-refractivity contribution is 5.94. The Kier molecular flexibility index (Phi) is 5.47. The second kappa shape index (κ2) is 8.43. The fraction of sp³-hybridized carbons (Fsp3) is 0.385. The third-order valence-corrected chi connectivity index (χ3v) is 6.86. The summed E-state index contributed by atoms with van der Waals surface area (Å²) in [6.07, 6.45) is 2.29. The molecule has 2 aromatic carbocycles. The van der Waals surface area contributed by atoms with Crippen molar-refractivity contribution in [3.8, 4) is 5.75 Å².